The fourth-order valence-corrected chi connectivity index (χ4v) is 4.37. The minimum atomic E-state index is -1.53. The van der Waals surface area contributed by atoms with Crippen LogP contribution in [0.1, 0.15) is 39.7 Å². The number of rotatable bonds is 11. The SMILES string of the molecule is CCN(CC(=O)O)C(CC)(SNCC(=O)Oc1cccc2c1OC(C)(C)C2)C(=O)O. The van der Waals surface area contributed by atoms with Crippen LogP contribution in [0.25, 0.3) is 0 Å². The molecule has 0 amide bonds. The van der Waals surface area contributed by atoms with Crippen LogP contribution in [0.2, 0.25) is 0 Å². The van der Waals surface area contributed by atoms with Gasteiger partial charge in [-0.25, -0.2) is 4.79 Å². The molecule has 30 heavy (non-hydrogen) atoms. The lowest BCUT2D eigenvalue weighted by atomic mass is 10.0. The number of esters is 1. The van der Waals surface area contributed by atoms with Gasteiger partial charge in [-0.05, 0) is 44.8 Å². The number of hydrogen-bond acceptors (Lipinski definition) is 8. The van der Waals surface area contributed by atoms with Gasteiger partial charge in [0.2, 0.25) is 0 Å². The lowest BCUT2D eigenvalue weighted by molar-refractivity contribution is -0.148. The summed E-state index contributed by atoms with van der Waals surface area (Å²) in [6.45, 7) is 6.75. The molecule has 0 aliphatic carbocycles. The number of aliphatic carboxylic acids is 2. The predicted octanol–water partition coefficient (Wildman–Crippen LogP) is 2.14. The van der Waals surface area contributed by atoms with Gasteiger partial charge in [-0.2, -0.15) is 0 Å². The summed E-state index contributed by atoms with van der Waals surface area (Å²) in [7, 11) is 0. The summed E-state index contributed by atoms with van der Waals surface area (Å²) < 4.78 is 14.0. The second kappa shape index (κ2) is 9.67. The highest BCUT2D eigenvalue weighted by atomic mass is 32.2. The van der Waals surface area contributed by atoms with E-state index in [1.807, 2.05) is 19.9 Å². The molecular weight excluding hydrogens is 412 g/mol. The maximum absolute atomic E-state index is 12.3. The molecular formula is C20H28N2O7S. The zero-order chi connectivity index (χ0) is 22.5. The molecule has 9 nitrogen and oxygen atoms in total. The van der Waals surface area contributed by atoms with Crippen LogP contribution >= 0.6 is 11.9 Å². The Labute approximate surface area is 179 Å². The van der Waals surface area contributed by atoms with Crippen LogP contribution in [0.15, 0.2) is 18.2 Å². The van der Waals surface area contributed by atoms with E-state index in [0.29, 0.717) is 17.9 Å². The van der Waals surface area contributed by atoms with Crippen molar-refractivity contribution in [2.75, 3.05) is 19.6 Å². The van der Waals surface area contributed by atoms with Crippen molar-refractivity contribution < 1.29 is 34.1 Å². The lowest BCUT2D eigenvalue weighted by Gasteiger charge is -2.37. The number of carbonyl (C=O) groups excluding carboxylic acids is 1. The highest BCUT2D eigenvalue weighted by molar-refractivity contribution is 7.99. The Kier molecular flexibility index (Phi) is 7.73. The summed E-state index contributed by atoms with van der Waals surface area (Å²) in [5.74, 6) is -2.07. The van der Waals surface area contributed by atoms with Crippen LogP contribution in [0.4, 0.5) is 0 Å². The van der Waals surface area contributed by atoms with Gasteiger partial charge in [-0.15, -0.1) is 0 Å². The second-order valence-corrected chi connectivity index (χ2v) is 8.70. The maximum Gasteiger partial charge on any atom is 0.335 e. The first-order valence-electron chi connectivity index (χ1n) is 9.67. The number of hydrogen-bond donors (Lipinski definition) is 3. The minimum Gasteiger partial charge on any atom is -0.483 e. The number of para-hydroxylation sites is 1. The molecule has 3 N–H and O–H groups in total. The summed E-state index contributed by atoms with van der Waals surface area (Å²) in [6.07, 6.45) is 0.834. The molecule has 0 bridgehead atoms. The van der Waals surface area contributed by atoms with E-state index in [9.17, 15) is 19.5 Å². The van der Waals surface area contributed by atoms with Crippen molar-refractivity contribution in [3.05, 3.63) is 23.8 Å². The van der Waals surface area contributed by atoms with Gasteiger partial charge >= 0.3 is 17.9 Å². The first-order valence-corrected chi connectivity index (χ1v) is 10.5. The summed E-state index contributed by atoms with van der Waals surface area (Å²) in [6, 6.07) is 5.34. The van der Waals surface area contributed by atoms with Crippen LogP contribution in [0.5, 0.6) is 11.5 Å². The monoisotopic (exact) mass is 440 g/mol. The van der Waals surface area contributed by atoms with Crippen molar-refractivity contribution in [2.24, 2.45) is 0 Å². The van der Waals surface area contributed by atoms with Gasteiger partial charge in [0, 0.05) is 12.0 Å². The number of ether oxygens (including phenoxy) is 2. The summed E-state index contributed by atoms with van der Waals surface area (Å²) in [4.78, 5) is 35.2. The molecule has 1 atom stereocenters. The topological polar surface area (TPSA) is 125 Å². The largest absolute Gasteiger partial charge is 0.483 e. The third-order valence-corrected chi connectivity index (χ3v) is 6.12. The van der Waals surface area contributed by atoms with E-state index in [1.165, 1.54) is 4.90 Å². The molecule has 2 rings (SSSR count). The Morgan fingerprint density at radius 2 is 2.00 bits per heavy atom. The smallest absolute Gasteiger partial charge is 0.335 e. The van der Waals surface area contributed by atoms with Gasteiger partial charge in [0.1, 0.15) is 12.1 Å². The average Bonchev–Trinajstić information content (AvgIpc) is 2.98. The maximum atomic E-state index is 12.3. The van der Waals surface area contributed by atoms with Crippen LogP contribution in [0.3, 0.4) is 0 Å². The Hall–Kier alpha value is -2.30. The number of fused-ring (bicyclic) bond motifs is 1. The quantitative estimate of drug-likeness (QED) is 0.204. The fourth-order valence-electron chi connectivity index (χ4n) is 3.39. The molecule has 1 heterocycles. The van der Waals surface area contributed by atoms with Gasteiger partial charge in [-0.1, -0.05) is 26.0 Å². The Morgan fingerprint density at radius 3 is 2.57 bits per heavy atom. The van der Waals surface area contributed by atoms with Crippen molar-refractivity contribution >= 4 is 29.9 Å². The molecule has 1 unspecified atom stereocenters. The molecule has 10 heteroatoms. The zero-order valence-electron chi connectivity index (χ0n) is 17.6. The van der Waals surface area contributed by atoms with Gasteiger partial charge in [0.15, 0.2) is 16.4 Å². The third kappa shape index (κ3) is 5.44. The van der Waals surface area contributed by atoms with Gasteiger partial charge in [0.05, 0.1) is 6.54 Å². The molecule has 0 fully saturated rings. The molecule has 166 valence electrons. The van der Waals surface area contributed by atoms with Crippen LogP contribution in [-0.2, 0) is 20.8 Å². The highest BCUT2D eigenvalue weighted by Gasteiger charge is 2.44. The molecule has 0 saturated heterocycles. The minimum absolute atomic E-state index is 0.130. The number of benzene rings is 1. The second-order valence-electron chi connectivity index (χ2n) is 7.53. The molecule has 0 spiro atoms. The van der Waals surface area contributed by atoms with Gasteiger partial charge in [-0.3, -0.25) is 19.2 Å². The van der Waals surface area contributed by atoms with Gasteiger partial charge < -0.3 is 19.7 Å². The Balaban J connectivity index is 2.03. The van der Waals surface area contributed by atoms with E-state index in [2.05, 4.69) is 4.72 Å². The van der Waals surface area contributed by atoms with Crippen LogP contribution < -0.4 is 14.2 Å². The average molecular weight is 441 g/mol. The van der Waals surface area contributed by atoms with Crippen molar-refractivity contribution in [3.8, 4) is 11.5 Å². The first-order chi connectivity index (χ1) is 14.0. The van der Waals surface area contributed by atoms with E-state index in [1.54, 1.807) is 26.0 Å². The highest BCUT2D eigenvalue weighted by Crippen LogP contribution is 2.41. The molecule has 1 aromatic rings. The standard InChI is InChI=1S/C20H28N2O7S/c1-5-20(18(26)27,22(6-2)12-15(23)24)30-21-11-16(25)28-14-9-7-8-13-10-19(3,4)29-17(13)14/h7-9,21H,5-6,10-12H2,1-4H3,(H,23,24)(H,26,27). The lowest BCUT2D eigenvalue weighted by Crippen LogP contribution is -2.55. The molecule has 1 aliphatic heterocycles. The van der Waals surface area contributed by atoms with E-state index in [-0.39, 0.29) is 25.1 Å². The summed E-state index contributed by atoms with van der Waals surface area (Å²) in [5, 5.41) is 18.9. The molecule has 1 aromatic carbocycles. The van der Waals surface area contributed by atoms with Crippen molar-refractivity contribution in [2.45, 2.75) is 51.0 Å². The third-order valence-electron chi connectivity index (χ3n) is 4.77. The van der Waals surface area contributed by atoms with Crippen molar-refractivity contribution in [1.29, 1.82) is 0 Å². The van der Waals surface area contributed by atoms with E-state index < -0.39 is 29.3 Å². The predicted molar refractivity (Wildman–Crippen MR) is 112 cm³/mol. The molecule has 0 saturated carbocycles. The molecule has 0 radical (unpaired) electrons. The number of nitrogens with zero attached hydrogens (tertiary/aromatic N) is 1. The summed E-state index contributed by atoms with van der Waals surface area (Å²) >= 11 is 0.797. The summed E-state index contributed by atoms with van der Waals surface area (Å²) in [5.41, 5.74) is 0.574. The number of nitrogens with one attached hydrogen (secondary N) is 1. The van der Waals surface area contributed by atoms with E-state index in [0.717, 1.165) is 17.5 Å². The fraction of sp³-hybridized carbons (Fsp3) is 0.550. The Bertz CT molecular complexity index is 814. The van der Waals surface area contributed by atoms with Crippen molar-refractivity contribution in [3.63, 3.8) is 0 Å². The van der Waals surface area contributed by atoms with Gasteiger partial charge in [0.25, 0.3) is 0 Å². The number of carboxylic acid groups (broad SMARTS) is 2. The zero-order valence-corrected chi connectivity index (χ0v) is 18.4. The number of likely N-dealkylation sites (N-methyl/N-ethyl adjacent to an activating group) is 1. The first kappa shape index (κ1) is 24.0. The van der Waals surface area contributed by atoms with E-state index >= 15 is 0 Å². The number of carbonyl (C=O) groups is 3. The van der Waals surface area contributed by atoms with Crippen LogP contribution in [-0.4, -0.2) is 63.1 Å². The molecule has 0 aromatic heterocycles. The van der Waals surface area contributed by atoms with Crippen LogP contribution in [0, 0.1) is 0 Å². The normalized spacial score (nSPS) is 16.4. The Morgan fingerprint density at radius 1 is 1.30 bits per heavy atom. The number of carboxylic acids is 2. The van der Waals surface area contributed by atoms with E-state index in [4.69, 9.17) is 14.6 Å². The molecule has 1 aliphatic rings. The van der Waals surface area contributed by atoms with Crippen molar-refractivity contribution in [1.82, 2.24) is 9.62 Å².